The molecule has 0 radical (unpaired) electrons. The predicted molar refractivity (Wildman–Crippen MR) is 116 cm³/mol. The number of benzene rings is 3. The van der Waals surface area contributed by atoms with Gasteiger partial charge in [-0.3, -0.25) is 9.59 Å². The van der Waals surface area contributed by atoms with Crippen molar-refractivity contribution in [2.24, 2.45) is 0 Å². The number of anilines is 1. The summed E-state index contributed by atoms with van der Waals surface area (Å²) in [5.41, 5.74) is 2.53. The molecule has 3 aromatic rings. The summed E-state index contributed by atoms with van der Waals surface area (Å²) in [7, 11) is 0. The Labute approximate surface area is 175 Å². The van der Waals surface area contributed by atoms with Gasteiger partial charge in [-0.15, -0.1) is 0 Å². The van der Waals surface area contributed by atoms with Gasteiger partial charge in [0.25, 0.3) is 0 Å². The molecule has 4 nitrogen and oxygen atoms in total. The Kier molecular flexibility index (Phi) is 7.04. The molecule has 1 N–H and O–H groups in total. The molecule has 0 atom stereocenters. The summed E-state index contributed by atoms with van der Waals surface area (Å²) in [6, 6.07) is 21.6. The predicted octanol–water partition coefficient (Wildman–Crippen LogP) is 5.68. The summed E-state index contributed by atoms with van der Waals surface area (Å²) < 4.78 is 5.65. The van der Waals surface area contributed by atoms with Gasteiger partial charge in [-0.2, -0.15) is 0 Å². The minimum atomic E-state index is -0.189. The number of rotatable bonds is 8. The van der Waals surface area contributed by atoms with E-state index < -0.39 is 0 Å². The number of hydrogen-bond donors (Lipinski definition) is 1. The highest BCUT2D eigenvalue weighted by atomic mass is 35.5. The zero-order chi connectivity index (χ0) is 20.6. The first kappa shape index (κ1) is 20.6. The summed E-state index contributed by atoms with van der Waals surface area (Å²) in [5, 5.41) is 3.26. The Bertz CT molecular complexity index is 985. The smallest absolute Gasteiger partial charge is 0.224 e. The molecule has 0 saturated carbocycles. The molecule has 0 fully saturated rings. The maximum Gasteiger partial charge on any atom is 0.224 e. The second-order valence-electron chi connectivity index (χ2n) is 6.70. The first-order valence-corrected chi connectivity index (χ1v) is 9.79. The van der Waals surface area contributed by atoms with E-state index in [4.69, 9.17) is 16.3 Å². The van der Waals surface area contributed by atoms with E-state index in [0.717, 1.165) is 5.75 Å². The molecule has 0 spiro atoms. The summed E-state index contributed by atoms with van der Waals surface area (Å²) in [6.07, 6.45) is 0.850. The van der Waals surface area contributed by atoms with E-state index in [1.165, 1.54) is 5.56 Å². The Hall–Kier alpha value is -3.11. The van der Waals surface area contributed by atoms with Crippen LogP contribution in [0.25, 0.3) is 0 Å². The van der Waals surface area contributed by atoms with Gasteiger partial charge in [-0.1, -0.05) is 59.6 Å². The van der Waals surface area contributed by atoms with Gasteiger partial charge in [0.2, 0.25) is 5.91 Å². The molecule has 0 aliphatic carbocycles. The molecule has 0 unspecified atom stereocenters. The van der Waals surface area contributed by atoms with E-state index in [-0.39, 0.29) is 18.1 Å². The molecule has 0 saturated heterocycles. The van der Waals surface area contributed by atoms with Gasteiger partial charge < -0.3 is 10.1 Å². The lowest BCUT2D eigenvalue weighted by Crippen LogP contribution is -2.16. The number of hydrogen-bond acceptors (Lipinski definition) is 3. The van der Waals surface area contributed by atoms with Gasteiger partial charge in [-0.05, 0) is 43.7 Å². The van der Waals surface area contributed by atoms with Crippen molar-refractivity contribution < 1.29 is 14.3 Å². The van der Waals surface area contributed by atoms with Crippen molar-refractivity contribution in [2.75, 3.05) is 11.9 Å². The largest absolute Gasteiger partial charge is 0.494 e. The number of carbonyl (C=O) groups excluding carboxylic acids is 2. The molecule has 0 bridgehead atoms. The highest BCUT2D eigenvalue weighted by Crippen LogP contribution is 2.24. The maximum absolute atomic E-state index is 12.8. The first-order valence-electron chi connectivity index (χ1n) is 9.41. The lowest BCUT2D eigenvalue weighted by molar-refractivity contribution is -0.116. The minimum Gasteiger partial charge on any atom is -0.494 e. The van der Waals surface area contributed by atoms with Crippen LogP contribution in [-0.2, 0) is 4.79 Å². The topological polar surface area (TPSA) is 55.4 Å². The fraction of sp³-hybridized carbons (Fsp3) is 0.167. The summed E-state index contributed by atoms with van der Waals surface area (Å²) in [5.74, 6) is 0.414. The summed E-state index contributed by atoms with van der Waals surface area (Å²) in [4.78, 5) is 25.2. The van der Waals surface area contributed by atoms with Gasteiger partial charge in [0, 0.05) is 22.6 Å². The van der Waals surface area contributed by atoms with Gasteiger partial charge in [0.15, 0.2) is 5.78 Å². The molecule has 0 aromatic heterocycles. The number of carbonyl (C=O) groups is 2. The molecular formula is C24H22ClNO3. The van der Waals surface area contributed by atoms with E-state index >= 15 is 0 Å². The highest BCUT2D eigenvalue weighted by Gasteiger charge is 2.16. The average Bonchev–Trinajstić information content (AvgIpc) is 2.74. The molecule has 0 aliphatic heterocycles. The number of ketones is 1. The molecule has 5 heteroatoms. The van der Waals surface area contributed by atoms with Crippen LogP contribution in [0.5, 0.6) is 5.75 Å². The minimum absolute atomic E-state index is 0.179. The third-order valence-electron chi connectivity index (χ3n) is 4.37. The molecule has 1 amide bonds. The zero-order valence-electron chi connectivity index (χ0n) is 16.2. The van der Waals surface area contributed by atoms with Crippen LogP contribution in [0.4, 0.5) is 5.69 Å². The van der Waals surface area contributed by atoms with Crippen molar-refractivity contribution in [2.45, 2.75) is 19.8 Å². The van der Waals surface area contributed by atoms with E-state index in [1.807, 2.05) is 37.3 Å². The van der Waals surface area contributed by atoms with Crippen LogP contribution in [0.1, 0.15) is 34.3 Å². The van der Waals surface area contributed by atoms with Crippen molar-refractivity contribution in [1.82, 2.24) is 0 Å². The lowest BCUT2D eigenvalue weighted by Gasteiger charge is -2.12. The SMILES string of the molecule is Cc1ccc(OCCCC(=O)Nc2ccc(Cl)cc2C(=O)c2ccccc2)cc1. The van der Waals surface area contributed by atoms with E-state index in [1.54, 1.807) is 42.5 Å². The van der Waals surface area contributed by atoms with Crippen LogP contribution in [0, 0.1) is 6.92 Å². The number of amides is 1. The standard InChI is InChI=1S/C24H22ClNO3/c1-17-9-12-20(13-10-17)29-15-5-8-23(27)26-22-14-11-19(25)16-21(22)24(28)18-6-3-2-4-7-18/h2-4,6-7,9-14,16H,5,8,15H2,1H3,(H,26,27). The third kappa shape index (κ3) is 5.93. The van der Waals surface area contributed by atoms with E-state index in [9.17, 15) is 9.59 Å². The Morgan fingerprint density at radius 1 is 0.966 bits per heavy atom. The molecule has 29 heavy (non-hydrogen) atoms. The van der Waals surface area contributed by atoms with Gasteiger partial charge >= 0.3 is 0 Å². The first-order chi connectivity index (χ1) is 14.0. The third-order valence-corrected chi connectivity index (χ3v) is 4.61. The summed E-state index contributed by atoms with van der Waals surface area (Å²) in [6.45, 7) is 2.45. The van der Waals surface area contributed by atoms with Crippen LogP contribution in [0.3, 0.4) is 0 Å². The van der Waals surface area contributed by atoms with Gasteiger partial charge in [-0.25, -0.2) is 0 Å². The number of ether oxygens (including phenoxy) is 1. The molecule has 0 heterocycles. The van der Waals surface area contributed by atoms with Crippen molar-refractivity contribution >= 4 is 29.0 Å². The van der Waals surface area contributed by atoms with Crippen molar-refractivity contribution in [3.05, 3.63) is 94.5 Å². The lowest BCUT2D eigenvalue weighted by atomic mass is 10.0. The monoisotopic (exact) mass is 407 g/mol. The average molecular weight is 408 g/mol. The van der Waals surface area contributed by atoms with Gasteiger partial charge in [0.05, 0.1) is 12.3 Å². The molecule has 148 valence electrons. The van der Waals surface area contributed by atoms with Crippen molar-refractivity contribution in [3.8, 4) is 5.75 Å². The van der Waals surface area contributed by atoms with Crippen LogP contribution in [-0.4, -0.2) is 18.3 Å². The van der Waals surface area contributed by atoms with Gasteiger partial charge in [0.1, 0.15) is 5.75 Å². The van der Waals surface area contributed by atoms with Crippen LogP contribution >= 0.6 is 11.6 Å². The Morgan fingerprint density at radius 3 is 2.41 bits per heavy atom. The van der Waals surface area contributed by atoms with Crippen LogP contribution in [0.15, 0.2) is 72.8 Å². The fourth-order valence-electron chi connectivity index (χ4n) is 2.83. The van der Waals surface area contributed by atoms with Crippen LogP contribution in [0.2, 0.25) is 5.02 Å². The van der Waals surface area contributed by atoms with E-state index in [0.29, 0.717) is 34.9 Å². The normalized spacial score (nSPS) is 10.4. The fourth-order valence-corrected chi connectivity index (χ4v) is 3.00. The quantitative estimate of drug-likeness (QED) is 0.386. The molecule has 3 aromatic carbocycles. The Balaban J connectivity index is 1.58. The van der Waals surface area contributed by atoms with Crippen LogP contribution < -0.4 is 10.1 Å². The summed E-state index contributed by atoms with van der Waals surface area (Å²) >= 11 is 6.07. The molecule has 3 rings (SSSR count). The molecular weight excluding hydrogens is 386 g/mol. The zero-order valence-corrected chi connectivity index (χ0v) is 16.9. The van der Waals surface area contributed by atoms with Crippen molar-refractivity contribution in [3.63, 3.8) is 0 Å². The number of aryl methyl sites for hydroxylation is 1. The highest BCUT2D eigenvalue weighted by molar-refractivity contribution is 6.31. The molecule has 0 aliphatic rings. The number of nitrogens with one attached hydrogen (secondary N) is 1. The second-order valence-corrected chi connectivity index (χ2v) is 7.13. The van der Waals surface area contributed by atoms with E-state index in [2.05, 4.69) is 5.32 Å². The maximum atomic E-state index is 12.8. The Morgan fingerprint density at radius 2 is 1.69 bits per heavy atom. The second kappa shape index (κ2) is 9.89. The van der Waals surface area contributed by atoms with Crippen molar-refractivity contribution in [1.29, 1.82) is 0 Å². The number of halogens is 1.